The maximum absolute atomic E-state index is 11.4. The van der Waals surface area contributed by atoms with Crippen LogP contribution in [0.15, 0.2) is 48.5 Å². The van der Waals surface area contributed by atoms with Crippen LogP contribution in [-0.2, 0) is 9.53 Å². The summed E-state index contributed by atoms with van der Waals surface area (Å²) in [6.45, 7) is 1.90. The van der Waals surface area contributed by atoms with E-state index < -0.39 is 5.97 Å². The fourth-order valence-electron chi connectivity index (χ4n) is 2.00. The number of rotatable bonds is 6. The molecule has 0 saturated carbocycles. The largest absolute Gasteiger partial charge is 0.481 e. The lowest BCUT2D eigenvalue weighted by atomic mass is 10.00. The Labute approximate surface area is 123 Å². The Morgan fingerprint density at radius 2 is 1.71 bits per heavy atom. The Kier molecular flexibility index (Phi) is 5.10. The SMILES string of the molecule is CCOC(=O)COc1ccccc1-c1ccccc1C=O. The smallest absolute Gasteiger partial charge is 0.344 e. The molecule has 0 spiro atoms. The molecular weight excluding hydrogens is 268 g/mol. The van der Waals surface area contributed by atoms with E-state index in [0.29, 0.717) is 17.9 Å². The van der Waals surface area contributed by atoms with E-state index in [-0.39, 0.29) is 6.61 Å². The molecule has 108 valence electrons. The summed E-state index contributed by atoms with van der Waals surface area (Å²) >= 11 is 0. The molecular formula is C17H16O4. The molecule has 0 aromatic heterocycles. The normalized spacial score (nSPS) is 9.95. The van der Waals surface area contributed by atoms with Crippen LogP contribution in [0.1, 0.15) is 17.3 Å². The molecule has 0 fully saturated rings. The van der Waals surface area contributed by atoms with Crippen molar-refractivity contribution in [2.24, 2.45) is 0 Å². The first-order chi connectivity index (χ1) is 10.3. The summed E-state index contributed by atoms with van der Waals surface area (Å²) in [7, 11) is 0. The standard InChI is InChI=1S/C17H16O4/c1-2-20-17(19)12-21-16-10-6-5-9-15(16)14-8-4-3-7-13(14)11-18/h3-11H,2,12H2,1H3. The van der Waals surface area contributed by atoms with Crippen molar-refractivity contribution in [2.75, 3.05) is 13.2 Å². The van der Waals surface area contributed by atoms with Gasteiger partial charge >= 0.3 is 5.97 Å². The third-order valence-corrected chi connectivity index (χ3v) is 2.92. The molecule has 2 aromatic carbocycles. The Morgan fingerprint density at radius 3 is 2.43 bits per heavy atom. The molecule has 21 heavy (non-hydrogen) atoms. The molecule has 2 rings (SSSR count). The molecule has 0 aliphatic heterocycles. The lowest BCUT2D eigenvalue weighted by Gasteiger charge is -2.12. The van der Waals surface area contributed by atoms with Gasteiger partial charge in [0, 0.05) is 11.1 Å². The second-order valence-corrected chi connectivity index (χ2v) is 4.29. The Hall–Kier alpha value is -2.62. The second-order valence-electron chi connectivity index (χ2n) is 4.29. The number of carbonyl (C=O) groups excluding carboxylic acids is 2. The van der Waals surface area contributed by atoms with E-state index in [2.05, 4.69) is 0 Å². The molecule has 0 radical (unpaired) electrons. The van der Waals surface area contributed by atoms with E-state index in [1.165, 1.54) is 0 Å². The first-order valence-corrected chi connectivity index (χ1v) is 6.68. The molecule has 0 bridgehead atoms. The zero-order valence-corrected chi connectivity index (χ0v) is 11.7. The van der Waals surface area contributed by atoms with Gasteiger partial charge in [0.05, 0.1) is 6.61 Å². The van der Waals surface area contributed by atoms with E-state index in [9.17, 15) is 9.59 Å². The summed E-state index contributed by atoms with van der Waals surface area (Å²) in [5.41, 5.74) is 2.11. The minimum absolute atomic E-state index is 0.159. The van der Waals surface area contributed by atoms with Gasteiger partial charge in [0.2, 0.25) is 0 Å². The molecule has 4 heteroatoms. The number of esters is 1. The van der Waals surface area contributed by atoms with Gasteiger partial charge in [0.25, 0.3) is 0 Å². The van der Waals surface area contributed by atoms with Gasteiger partial charge in [0.1, 0.15) is 5.75 Å². The van der Waals surface area contributed by atoms with Crippen LogP contribution in [0.4, 0.5) is 0 Å². The molecule has 0 heterocycles. The van der Waals surface area contributed by atoms with E-state index in [0.717, 1.165) is 17.4 Å². The number of aldehydes is 1. The van der Waals surface area contributed by atoms with Crippen LogP contribution in [0, 0.1) is 0 Å². The molecule has 0 N–H and O–H groups in total. The van der Waals surface area contributed by atoms with Crippen LogP contribution in [0.3, 0.4) is 0 Å². The Balaban J connectivity index is 2.28. The predicted molar refractivity (Wildman–Crippen MR) is 79.4 cm³/mol. The zero-order chi connectivity index (χ0) is 15.1. The first-order valence-electron chi connectivity index (χ1n) is 6.68. The van der Waals surface area contributed by atoms with E-state index in [1.54, 1.807) is 25.1 Å². The summed E-state index contributed by atoms with van der Waals surface area (Å²) in [5.74, 6) is 0.121. The van der Waals surface area contributed by atoms with Gasteiger partial charge < -0.3 is 9.47 Å². The average molecular weight is 284 g/mol. The van der Waals surface area contributed by atoms with Crippen LogP contribution in [0.5, 0.6) is 5.75 Å². The quantitative estimate of drug-likeness (QED) is 0.604. The molecule has 0 aliphatic rings. The topological polar surface area (TPSA) is 52.6 Å². The number of hydrogen-bond donors (Lipinski definition) is 0. The second kappa shape index (κ2) is 7.24. The summed E-state index contributed by atoms with van der Waals surface area (Å²) < 4.78 is 10.3. The minimum Gasteiger partial charge on any atom is -0.481 e. The summed E-state index contributed by atoms with van der Waals surface area (Å²) in [4.78, 5) is 22.5. The van der Waals surface area contributed by atoms with E-state index >= 15 is 0 Å². The third-order valence-electron chi connectivity index (χ3n) is 2.92. The number of carbonyl (C=O) groups is 2. The van der Waals surface area contributed by atoms with Crippen molar-refractivity contribution in [1.29, 1.82) is 0 Å². The summed E-state index contributed by atoms with van der Waals surface area (Å²) in [6, 6.07) is 14.5. The van der Waals surface area contributed by atoms with Crippen LogP contribution in [-0.4, -0.2) is 25.5 Å². The van der Waals surface area contributed by atoms with E-state index in [4.69, 9.17) is 9.47 Å². The molecule has 0 aliphatic carbocycles. The molecule has 4 nitrogen and oxygen atoms in total. The lowest BCUT2D eigenvalue weighted by Crippen LogP contribution is -2.14. The first kappa shape index (κ1) is 14.8. The highest BCUT2D eigenvalue weighted by molar-refractivity contribution is 5.89. The number of hydrogen-bond acceptors (Lipinski definition) is 4. The van der Waals surface area contributed by atoms with Crippen molar-refractivity contribution < 1.29 is 19.1 Å². The van der Waals surface area contributed by atoms with Gasteiger partial charge in [0.15, 0.2) is 12.9 Å². The fourth-order valence-corrected chi connectivity index (χ4v) is 2.00. The molecule has 0 atom stereocenters. The van der Waals surface area contributed by atoms with Crippen LogP contribution >= 0.6 is 0 Å². The van der Waals surface area contributed by atoms with Gasteiger partial charge in [-0.3, -0.25) is 4.79 Å². The highest BCUT2D eigenvalue weighted by Gasteiger charge is 2.11. The van der Waals surface area contributed by atoms with Crippen molar-refractivity contribution in [1.82, 2.24) is 0 Å². The lowest BCUT2D eigenvalue weighted by molar-refractivity contribution is -0.145. The van der Waals surface area contributed by atoms with Gasteiger partial charge in [-0.1, -0.05) is 42.5 Å². The van der Waals surface area contributed by atoms with Crippen molar-refractivity contribution >= 4 is 12.3 Å². The zero-order valence-electron chi connectivity index (χ0n) is 11.7. The van der Waals surface area contributed by atoms with Crippen LogP contribution < -0.4 is 4.74 Å². The van der Waals surface area contributed by atoms with Crippen molar-refractivity contribution in [3.05, 3.63) is 54.1 Å². The van der Waals surface area contributed by atoms with Crippen molar-refractivity contribution in [2.45, 2.75) is 6.92 Å². The summed E-state index contributed by atoms with van der Waals surface area (Å²) in [5, 5.41) is 0. The number of ether oxygens (including phenoxy) is 2. The molecule has 0 unspecified atom stereocenters. The number of para-hydroxylation sites is 1. The molecule has 0 amide bonds. The molecule has 0 saturated heterocycles. The van der Waals surface area contributed by atoms with Crippen LogP contribution in [0.25, 0.3) is 11.1 Å². The van der Waals surface area contributed by atoms with Gasteiger partial charge in [-0.15, -0.1) is 0 Å². The van der Waals surface area contributed by atoms with Crippen molar-refractivity contribution in [3.63, 3.8) is 0 Å². The maximum atomic E-state index is 11.4. The highest BCUT2D eigenvalue weighted by Crippen LogP contribution is 2.31. The highest BCUT2D eigenvalue weighted by atomic mass is 16.6. The summed E-state index contributed by atoms with van der Waals surface area (Å²) in [6.07, 6.45) is 0.803. The van der Waals surface area contributed by atoms with Crippen molar-refractivity contribution in [3.8, 4) is 16.9 Å². The van der Waals surface area contributed by atoms with E-state index in [1.807, 2.05) is 30.3 Å². The molecule has 2 aromatic rings. The Morgan fingerprint density at radius 1 is 1.05 bits per heavy atom. The fraction of sp³-hybridized carbons (Fsp3) is 0.176. The minimum atomic E-state index is -0.420. The number of benzene rings is 2. The van der Waals surface area contributed by atoms with Gasteiger partial charge in [-0.25, -0.2) is 4.79 Å². The van der Waals surface area contributed by atoms with Crippen LogP contribution in [0.2, 0.25) is 0 Å². The predicted octanol–water partition coefficient (Wildman–Crippen LogP) is 3.11. The average Bonchev–Trinajstić information content (AvgIpc) is 2.53. The maximum Gasteiger partial charge on any atom is 0.344 e. The van der Waals surface area contributed by atoms with Gasteiger partial charge in [-0.2, -0.15) is 0 Å². The Bertz CT molecular complexity index is 634. The van der Waals surface area contributed by atoms with Gasteiger partial charge in [-0.05, 0) is 18.6 Å². The third kappa shape index (κ3) is 3.69. The monoisotopic (exact) mass is 284 g/mol.